The second-order valence-corrected chi connectivity index (χ2v) is 9.16. The van der Waals surface area contributed by atoms with E-state index in [1.54, 1.807) is 7.11 Å². The summed E-state index contributed by atoms with van der Waals surface area (Å²) in [5, 5.41) is 4.90. The third-order valence-corrected chi connectivity index (χ3v) is 6.83. The molecule has 2 aromatic heterocycles. The largest absolute Gasteiger partial charge is 0.497 e. The maximum Gasteiger partial charge on any atom is 0.174 e. The van der Waals surface area contributed by atoms with Crippen LogP contribution in [-0.4, -0.2) is 21.8 Å². The molecule has 5 nitrogen and oxygen atoms in total. The summed E-state index contributed by atoms with van der Waals surface area (Å²) in [7, 11) is 1.67. The number of rotatable bonds is 5. The Balaban J connectivity index is 1.69. The van der Waals surface area contributed by atoms with Gasteiger partial charge in [-0.15, -0.1) is 0 Å². The van der Waals surface area contributed by atoms with Gasteiger partial charge in [0.15, 0.2) is 5.11 Å². The molecule has 0 radical (unpaired) electrons. The van der Waals surface area contributed by atoms with E-state index in [9.17, 15) is 0 Å². The second kappa shape index (κ2) is 9.12. The molecule has 7 heteroatoms. The molecule has 1 fully saturated rings. The molecule has 0 saturated carbocycles. The van der Waals surface area contributed by atoms with Crippen molar-refractivity contribution in [3.05, 3.63) is 107 Å². The number of nitrogens with zero attached hydrogens (tertiary/aromatic N) is 3. The fourth-order valence-corrected chi connectivity index (χ4v) is 5.34. The van der Waals surface area contributed by atoms with Gasteiger partial charge in [-0.05, 0) is 80.2 Å². The summed E-state index contributed by atoms with van der Waals surface area (Å²) in [6.07, 6.45) is 1.82. The maximum absolute atomic E-state index is 6.32. The number of thiocarbonyl (C=S) groups is 1. The van der Waals surface area contributed by atoms with E-state index in [1.165, 1.54) is 5.56 Å². The van der Waals surface area contributed by atoms with Crippen LogP contribution < -0.4 is 15.0 Å². The van der Waals surface area contributed by atoms with Crippen LogP contribution in [-0.2, 0) is 0 Å². The lowest BCUT2D eigenvalue weighted by atomic mass is 9.96. The van der Waals surface area contributed by atoms with Crippen molar-refractivity contribution in [3.63, 3.8) is 0 Å². The highest BCUT2D eigenvalue weighted by atomic mass is 35.5. The molecule has 3 heterocycles. The van der Waals surface area contributed by atoms with Crippen molar-refractivity contribution in [1.29, 1.82) is 0 Å². The van der Waals surface area contributed by atoms with Gasteiger partial charge < -0.3 is 19.5 Å². The number of benzene rings is 2. The number of halogens is 1. The lowest BCUT2D eigenvalue weighted by Gasteiger charge is -2.28. The Kier molecular flexibility index (Phi) is 6.02. The normalized spacial score (nSPS) is 17.6. The van der Waals surface area contributed by atoms with E-state index in [0.717, 1.165) is 34.2 Å². The summed E-state index contributed by atoms with van der Waals surface area (Å²) >= 11 is 12.2. The lowest BCUT2D eigenvalue weighted by Crippen LogP contribution is -2.29. The van der Waals surface area contributed by atoms with Crippen LogP contribution >= 0.6 is 23.8 Å². The number of hydrogen-bond acceptors (Lipinski definition) is 3. The van der Waals surface area contributed by atoms with Crippen LogP contribution in [0, 0.1) is 13.8 Å². The zero-order valence-electron chi connectivity index (χ0n) is 19.2. The van der Waals surface area contributed by atoms with Crippen molar-refractivity contribution in [1.82, 2.24) is 14.9 Å². The Hall–Kier alpha value is -3.35. The summed E-state index contributed by atoms with van der Waals surface area (Å²) in [4.78, 5) is 6.83. The van der Waals surface area contributed by atoms with Gasteiger partial charge in [0.2, 0.25) is 0 Å². The molecule has 2 atom stereocenters. The molecule has 1 N–H and O–H groups in total. The average Bonchev–Trinajstić information content (AvgIpc) is 3.34. The van der Waals surface area contributed by atoms with Crippen LogP contribution in [0.1, 0.15) is 34.7 Å². The van der Waals surface area contributed by atoms with Gasteiger partial charge >= 0.3 is 0 Å². The number of methoxy groups -OCH3 is 1. The minimum absolute atomic E-state index is 0.103. The van der Waals surface area contributed by atoms with E-state index in [2.05, 4.69) is 51.8 Å². The molecule has 1 saturated heterocycles. The molecule has 2 aromatic carbocycles. The molecule has 0 spiro atoms. The van der Waals surface area contributed by atoms with E-state index < -0.39 is 0 Å². The first-order valence-corrected chi connectivity index (χ1v) is 11.9. The van der Waals surface area contributed by atoms with Crippen molar-refractivity contribution >= 4 is 34.6 Å². The monoisotopic (exact) mass is 488 g/mol. The number of nitrogens with one attached hydrogen (secondary N) is 1. The summed E-state index contributed by atoms with van der Waals surface area (Å²) in [5.41, 5.74) is 6.36. The van der Waals surface area contributed by atoms with Gasteiger partial charge in [0.25, 0.3) is 0 Å². The average molecular weight is 489 g/mol. The topological polar surface area (TPSA) is 42.3 Å². The van der Waals surface area contributed by atoms with Crippen LogP contribution in [0.4, 0.5) is 5.69 Å². The van der Waals surface area contributed by atoms with Crippen LogP contribution in [0.3, 0.4) is 0 Å². The first-order valence-electron chi connectivity index (χ1n) is 11.1. The van der Waals surface area contributed by atoms with Crippen LogP contribution in [0.15, 0.2) is 79.0 Å². The number of aromatic nitrogens is 2. The van der Waals surface area contributed by atoms with Crippen LogP contribution in [0.25, 0.3) is 5.69 Å². The first kappa shape index (κ1) is 22.4. The van der Waals surface area contributed by atoms with Crippen molar-refractivity contribution in [2.45, 2.75) is 25.9 Å². The van der Waals surface area contributed by atoms with E-state index in [0.29, 0.717) is 10.1 Å². The van der Waals surface area contributed by atoms with E-state index in [4.69, 9.17) is 28.6 Å². The first-order chi connectivity index (χ1) is 16.5. The zero-order valence-corrected chi connectivity index (χ0v) is 20.8. The fourth-order valence-electron chi connectivity index (χ4n) is 4.81. The van der Waals surface area contributed by atoms with Gasteiger partial charge in [-0.3, -0.25) is 4.98 Å². The molecular weight excluding hydrogens is 464 g/mol. The minimum Gasteiger partial charge on any atom is -0.497 e. The van der Waals surface area contributed by atoms with E-state index >= 15 is 0 Å². The van der Waals surface area contributed by atoms with Crippen LogP contribution in [0.5, 0.6) is 5.75 Å². The molecule has 1 aliphatic heterocycles. The van der Waals surface area contributed by atoms with Gasteiger partial charge in [-0.25, -0.2) is 0 Å². The molecule has 4 aromatic rings. The molecule has 5 rings (SSSR count). The summed E-state index contributed by atoms with van der Waals surface area (Å²) in [6.45, 7) is 4.26. The Morgan fingerprint density at radius 1 is 0.971 bits per heavy atom. The molecule has 34 heavy (non-hydrogen) atoms. The van der Waals surface area contributed by atoms with Gasteiger partial charge in [0.05, 0.1) is 24.9 Å². The third kappa shape index (κ3) is 3.93. The maximum atomic E-state index is 6.32. The van der Waals surface area contributed by atoms with Crippen molar-refractivity contribution < 1.29 is 4.74 Å². The number of aryl methyl sites for hydroxylation is 1. The highest BCUT2D eigenvalue weighted by molar-refractivity contribution is 7.80. The summed E-state index contributed by atoms with van der Waals surface area (Å²) < 4.78 is 7.74. The third-order valence-electron chi connectivity index (χ3n) is 6.28. The van der Waals surface area contributed by atoms with Crippen LogP contribution in [0.2, 0.25) is 5.02 Å². The molecular formula is C27H25ClN4OS. The number of anilines is 1. The Morgan fingerprint density at radius 2 is 1.76 bits per heavy atom. The zero-order chi connectivity index (χ0) is 23.8. The molecule has 0 aliphatic carbocycles. The van der Waals surface area contributed by atoms with E-state index in [1.807, 2.05) is 60.8 Å². The quantitative estimate of drug-likeness (QED) is 0.332. The molecule has 2 unspecified atom stereocenters. The number of hydrogen-bond donors (Lipinski definition) is 1. The highest BCUT2D eigenvalue weighted by Crippen LogP contribution is 2.44. The number of ether oxygens (including phenoxy) is 1. The second-order valence-electron chi connectivity index (χ2n) is 8.34. The Bertz CT molecular complexity index is 1350. The SMILES string of the molecule is COc1cccc(N2C(=S)NC(c3ccccn3)C2c2cc(C)n(-c3cccc(Cl)c3)c2C)c1. The van der Waals surface area contributed by atoms with E-state index in [-0.39, 0.29) is 12.1 Å². The van der Waals surface area contributed by atoms with Gasteiger partial charge in [0.1, 0.15) is 5.75 Å². The Morgan fingerprint density at radius 3 is 2.50 bits per heavy atom. The molecule has 172 valence electrons. The number of pyridine rings is 1. The Labute approximate surface area is 210 Å². The van der Waals surface area contributed by atoms with Crippen molar-refractivity contribution in [3.8, 4) is 11.4 Å². The summed E-state index contributed by atoms with van der Waals surface area (Å²) in [5.74, 6) is 0.782. The predicted octanol–water partition coefficient (Wildman–Crippen LogP) is 6.33. The molecule has 0 amide bonds. The smallest absolute Gasteiger partial charge is 0.174 e. The fraction of sp³-hybridized carbons (Fsp3) is 0.185. The van der Waals surface area contributed by atoms with Crippen molar-refractivity contribution in [2.75, 3.05) is 12.0 Å². The predicted molar refractivity (Wildman–Crippen MR) is 141 cm³/mol. The van der Waals surface area contributed by atoms with Crippen molar-refractivity contribution in [2.24, 2.45) is 0 Å². The summed E-state index contributed by atoms with van der Waals surface area (Å²) in [6, 6.07) is 23.9. The van der Waals surface area contributed by atoms with Gasteiger partial charge in [-0.2, -0.15) is 0 Å². The van der Waals surface area contributed by atoms with Gasteiger partial charge in [0, 0.05) is 40.0 Å². The lowest BCUT2D eigenvalue weighted by molar-refractivity contribution is 0.415. The van der Waals surface area contributed by atoms with Gasteiger partial charge in [-0.1, -0.05) is 29.8 Å². The standard InChI is InChI=1S/C27H25ClN4OS/c1-17-14-23(18(2)31(17)20-9-6-8-19(28)15-20)26-25(24-12-4-5-13-29-24)30-27(34)32(26)21-10-7-11-22(16-21)33-3/h4-16,25-26H,1-3H3,(H,30,34). The highest BCUT2D eigenvalue weighted by Gasteiger charge is 2.42. The molecule has 1 aliphatic rings. The minimum atomic E-state index is -0.117. The molecule has 0 bridgehead atoms.